The smallest absolute Gasteiger partial charge is 0.255 e. The maximum absolute atomic E-state index is 12.3. The topological polar surface area (TPSA) is 97.1 Å². The Hall–Kier alpha value is -2.15. The number of halogens is 2. The van der Waals surface area contributed by atoms with Crippen molar-refractivity contribution >= 4 is 48.0 Å². The zero-order valence-corrected chi connectivity index (χ0v) is 16.6. The molecular weight excluding hydrogens is 387 g/mol. The van der Waals surface area contributed by atoms with Crippen molar-refractivity contribution in [3.05, 3.63) is 53.9 Å². The Morgan fingerprint density at radius 2 is 1.78 bits per heavy atom. The van der Waals surface area contributed by atoms with Gasteiger partial charge < -0.3 is 16.4 Å². The van der Waals surface area contributed by atoms with Gasteiger partial charge in [-0.2, -0.15) is 0 Å². The number of anilines is 2. The summed E-state index contributed by atoms with van der Waals surface area (Å²) >= 11 is 0. The van der Waals surface area contributed by atoms with Crippen LogP contribution in [-0.2, 0) is 4.79 Å². The molecule has 2 amide bonds. The SMILES string of the molecule is Cc1ccc(NC(=O)C2CCC(N)C2)cc1NC(=O)c1ccncc1.Cl.Cl. The number of nitrogens with zero attached hydrogens (tertiary/aromatic N) is 1. The summed E-state index contributed by atoms with van der Waals surface area (Å²) in [6.45, 7) is 1.91. The molecule has 2 atom stereocenters. The van der Waals surface area contributed by atoms with Crippen LogP contribution < -0.4 is 16.4 Å². The maximum Gasteiger partial charge on any atom is 0.255 e. The molecule has 6 nitrogen and oxygen atoms in total. The third-order valence-corrected chi connectivity index (χ3v) is 4.54. The lowest BCUT2D eigenvalue weighted by atomic mass is 10.1. The second-order valence-electron chi connectivity index (χ2n) is 6.48. The molecule has 1 aromatic carbocycles. The molecule has 0 radical (unpaired) electrons. The molecule has 2 aromatic rings. The highest BCUT2D eigenvalue weighted by Crippen LogP contribution is 2.27. The first kappa shape index (κ1) is 22.9. The van der Waals surface area contributed by atoms with Crippen LogP contribution in [0.2, 0.25) is 0 Å². The molecule has 3 rings (SSSR count). The average molecular weight is 411 g/mol. The van der Waals surface area contributed by atoms with E-state index in [0.29, 0.717) is 16.9 Å². The van der Waals surface area contributed by atoms with Gasteiger partial charge in [0.2, 0.25) is 5.91 Å². The molecule has 1 aliphatic carbocycles. The Morgan fingerprint density at radius 1 is 1.07 bits per heavy atom. The summed E-state index contributed by atoms with van der Waals surface area (Å²) in [5.74, 6) is -0.259. The van der Waals surface area contributed by atoms with Gasteiger partial charge in [0.25, 0.3) is 5.91 Å². The number of pyridine rings is 1. The molecule has 27 heavy (non-hydrogen) atoms. The first-order chi connectivity index (χ1) is 12.0. The molecule has 4 N–H and O–H groups in total. The van der Waals surface area contributed by atoms with E-state index in [-0.39, 0.29) is 48.6 Å². The third-order valence-electron chi connectivity index (χ3n) is 4.54. The van der Waals surface area contributed by atoms with E-state index >= 15 is 0 Å². The van der Waals surface area contributed by atoms with Gasteiger partial charge in [0.15, 0.2) is 0 Å². The van der Waals surface area contributed by atoms with Crippen LogP contribution in [0.25, 0.3) is 0 Å². The number of hydrogen-bond donors (Lipinski definition) is 3. The fourth-order valence-corrected chi connectivity index (χ4v) is 3.03. The van der Waals surface area contributed by atoms with E-state index in [1.807, 2.05) is 19.1 Å². The number of amides is 2. The lowest BCUT2D eigenvalue weighted by Gasteiger charge is -2.14. The Kier molecular flexibility index (Phi) is 8.69. The number of nitrogens with one attached hydrogen (secondary N) is 2. The zero-order valence-electron chi connectivity index (χ0n) is 15.0. The molecule has 0 saturated heterocycles. The van der Waals surface area contributed by atoms with Gasteiger partial charge in [0.05, 0.1) is 0 Å². The number of hydrogen-bond acceptors (Lipinski definition) is 4. The number of aryl methyl sites for hydroxylation is 1. The van der Waals surface area contributed by atoms with Gasteiger partial charge in [-0.1, -0.05) is 6.07 Å². The molecule has 2 unspecified atom stereocenters. The normalized spacial score (nSPS) is 18.0. The molecule has 0 aliphatic heterocycles. The summed E-state index contributed by atoms with van der Waals surface area (Å²) < 4.78 is 0. The van der Waals surface area contributed by atoms with E-state index < -0.39 is 0 Å². The summed E-state index contributed by atoms with van der Waals surface area (Å²) in [4.78, 5) is 28.5. The van der Waals surface area contributed by atoms with Crippen molar-refractivity contribution in [2.75, 3.05) is 10.6 Å². The molecule has 0 spiro atoms. The molecule has 8 heteroatoms. The van der Waals surface area contributed by atoms with Gasteiger partial charge >= 0.3 is 0 Å². The lowest BCUT2D eigenvalue weighted by molar-refractivity contribution is -0.119. The third kappa shape index (κ3) is 5.92. The highest BCUT2D eigenvalue weighted by molar-refractivity contribution is 6.05. The summed E-state index contributed by atoms with van der Waals surface area (Å²) in [6, 6.07) is 8.91. The summed E-state index contributed by atoms with van der Waals surface area (Å²) in [7, 11) is 0. The van der Waals surface area contributed by atoms with Crippen LogP contribution in [0.5, 0.6) is 0 Å². The first-order valence-corrected chi connectivity index (χ1v) is 8.41. The van der Waals surface area contributed by atoms with Crippen molar-refractivity contribution in [2.45, 2.75) is 32.2 Å². The molecular formula is C19H24Cl2N4O2. The minimum Gasteiger partial charge on any atom is -0.328 e. The monoisotopic (exact) mass is 410 g/mol. The van der Waals surface area contributed by atoms with Gasteiger partial charge in [-0.3, -0.25) is 14.6 Å². The largest absolute Gasteiger partial charge is 0.328 e. The van der Waals surface area contributed by atoms with Gasteiger partial charge in [-0.25, -0.2) is 0 Å². The standard InChI is InChI=1S/C19H22N4O2.2ClH/c1-12-2-5-16(22-19(25)14-3-4-15(20)10-14)11-17(12)23-18(24)13-6-8-21-9-7-13;;/h2,5-9,11,14-15H,3-4,10,20H2,1H3,(H,22,25)(H,23,24);2*1H. The summed E-state index contributed by atoms with van der Waals surface area (Å²) in [5.41, 5.74) is 8.67. The Bertz CT molecular complexity index is 787. The second-order valence-corrected chi connectivity index (χ2v) is 6.48. The van der Waals surface area contributed by atoms with Crippen molar-refractivity contribution in [1.82, 2.24) is 4.98 Å². The summed E-state index contributed by atoms with van der Waals surface area (Å²) in [5, 5.41) is 5.81. The minimum atomic E-state index is -0.212. The molecule has 1 aliphatic rings. The van der Waals surface area contributed by atoms with Crippen LogP contribution in [0.1, 0.15) is 35.2 Å². The fraction of sp³-hybridized carbons (Fsp3) is 0.316. The molecule has 1 fully saturated rings. The highest BCUT2D eigenvalue weighted by Gasteiger charge is 2.27. The van der Waals surface area contributed by atoms with Crippen LogP contribution >= 0.6 is 24.8 Å². The number of aromatic nitrogens is 1. The van der Waals surface area contributed by atoms with Crippen LogP contribution in [0.3, 0.4) is 0 Å². The van der Waals surface area contributed by atoms with Crippen LogP contribution in [0.15, 0.2) is 42.7 Å². The summed E-state index contributed by atoms with van der Waals surface area (Å²) in [6.07, 6.45) is 5.59. The van der Waals surface area contributed by atoms with E-state index in [1.165, 1.54) is 0 Å². The average Bonchev–Trinajstić information content (AvgIpc) is 3.05. The van der Waals surface area contributed by atoms with Gasteiger partial charge in [-0.05, 0) is 56.0 Å². The number of carbonyl (C=O) groups is 2. The van der Waals surface area contributed by atoms with Crippen LogP contribution in [0, 0.1) is 12.8 Å². The first-order valence-electron chi connectivity index (χ1n) is 8.41. The second kappa shape index (κ2) is 10.3. The Balaban J connectivity index is 0.00000182. The molecule has 146 valence electrons. The predicted molar refractivity (Wildman–Crippen MR) is 112 cm³/mol. The van der Waals surface area contributed by atoms with Crippen molar-refractivity contribution < 1.29 is 9.59 Å². The Labute approximate surface area is 171 Å². The van der Waals surface area contributed by atoms with E-state index in [1.54, 1.807) is 30.6 Å². The minimum absolute atomic E-state index is 0. The van der Waals surface area contributed by atoms with Crippen molar-refractivity contribution in [1.29, 1.82) is 0 Å². The Morgan fingerprint density at radius 3 is 2.41 bits per heavy atom. The van der Waals surface area contributed by atoms with E-state index in [4.69, 9.17) is 5.73 Å². The van der Waals surface area contributed by atoms with Crippen molar-refractivity contribution in [3.8, 4) is 0 Å². The highest BCUT2D eigenvalue weighted by atomic mass is 35.5. The van der Waals surface area contributed by atoms with Gasteiger partial charge in [0.1, 0.15) is 0 Å². The van der Waals surface area contributed by atoms with Crippen molar-refractivity contribution in [3.63, 3.8) is 0 Å². The number of rotatable bonds is 4. The van der Waals surface area contributed by atoms with E-state index in [9.17, 15) is 9.59 Å². The van der Waals surface area contributed by atoms with Gasteiger partial charge in [0, 0.05) is 41.3 Å². The number of benzene rings is 1. The lowest BCUT2D eigenvalue weighted by Crippen LogP contribution is -2.23. The molecule has 1 aromatic heterocycles. The van der Waals surface area contributed by atoms with Crippen LogP contribution in [-0.4, -0.2) is 22.8 Å². The quantitative estimate of drug-likeness (QED) is 0.717. The molecule has 0 bridgehead atoms. The van der Waals surface area contributed by atoms with Crippen molar-refractivity contribution in [2.24, 2.45) is 11.7 Å². The van der Waals surface area contributed by atoms with Crippen LogP contribution in [0.4, 0.5) is 11.4 Å². The predicted octanol–water partition coefficient (Wildman–Crippen LogP) is 3.55. The fourth-order valence-electron chi connectivity index (χ4n) is 3.03. The number of carbonyl (C=O) groups excluding carboxylic acids is 2. The maximum atomic E-state index is 12.3. The zero-order chi connectivity index (χ0) is 17.8. The molecule has 1 heterocycles. The van der Waals surface area contributed by atoms with Gasteiger partial charge in [-0.15, -0.1) is 24.8 Å². The van der Waals surface area contributed by atoms with E-state index in [0.717, 1.165) is 24.8 Å². The van der Waals surface area contributed by atoms with E-state index in [2.05, 4.69) is 15.6 Å². The molecule has 1 saturated carbocycles. The number of nitrogens with two attached hydrogens (primary N) is 1.